The lowest BCUT2D eigenvalue weighted by molar-refractivity contribution is 0.0378. The number of hydrogen-bond donors (Lipinski definition) is 1. The fourth-order valence-electron chi connectivity index (χ4n) is 5.07. The molecule has 28 heavy (non-hydrogen) atoms. The van der Waals surface area contributed by atoms with Gasteiger partial charge < -0.3 is 9.67 Å². The van der Waals surface area contributed by atoms with Crippen LogP contribution in [-0.2, 0) is 18.6 Å². The number of fused-ring (bicyclic) bond motifs is 5. The van der Waals surface area contributed by atoms with Gasteiger partial charge in [0.05, 0.1) is 6.54 Å². The molecule has 146 valence electrons. The summed E-state index contributed by atoms with van der Waals surface area (Å²) >= 11 is 0. The second-order valence-electron chi connectivity index (χ2n) is 8.74. The Morgan fingerprint density at radius 1 is 1.18 bits per heavy atom. The third-order valence-electron chi connectivity index (χ3n) is 6.52. The first-order valence-corrected chi connectivity index (χ1v) is 10.3. The fourth-order valence-corrected chi connectivity index (χ4v) is 5.07. The van der Waals surface area contributed by atoms with Crippen LogP contribution in [0.25, 0.3) is 11.0 Å². The van der Waals surface area contributed by atoms with Crippen molar-refractivity contribution in [2.75, 3.05) is 13.1 Å². The highest BCUT2D eigenvalue weighted by Gasteiger charge is 2.37. The average molecular weight is 377 g/mol. The molecule has 2 unspecified atom stereocenters. The molecule has 0 bridgehead atoms. The van der Waals surface area contributed by atoms with Crippen LogP contribution in [0.5, 0.6) is 0 Å². The highest BCUT2D eigenvalue weighted by atomic mass is 16.3. The molecule has 5 heterocycles. The van der Waals surface area contributed by atoms with Gasteiger partial charge in [-0.25, -0.2) is 4.98 Å². The summed E-state index contributed by atoms with van der Waals surface area (Å²) in [5.41, 5.74) is 5.81. The van der Waals surface area contributed by atoms with E-state index in [2.05, 4.69) is 27.4 Å². The van der Waals surface area contributed by atoms with E-state index in [1.54, 1.807) is 6.20 Å². The molecular weight excluding hydrogens is 348 g/mol. The molecule has 0 spiro atoms. The lowest BCUT2D eigenvalue weighted by Crippen LogP contribution is -2.33. The van der Waals surface area contributed by atoms with E-state index >= 15 is 0 Å². The normalized spacial score (nSPS) is 21.5. The van der Waals surface area contributed by atoms with Gasteiger partial charge in [0, 0.05) is 53.7 Å². The largest absolute Gasteiger partial charge is 0.384 e. The molecule has 3 aromatic rings. The topological polar surface area (TPSA) is 54.2 Å². The number of rotatable bonds is 3. The van der Waals surface area contributed by atoms with E-state index in [1.807, 2.05) is 32.2 Å². The minimum Gasteiger partial charge on any atom is -0.384 e. The maximum Gasteiger partial charge on any atom is 0.140 e. The van der Waals surface area contributed by atoms with Crippen LogP contribution in [0.15, 0.2) is 30.6 Å². The predicted molar refractivity (Wildman–Crippen MR) is 110 cm³/mol. The molecular formula is C23H28N4O. The van der Waals surface area contributed by atoms with E-state index < -0.39 is 5.60 Å². The van der Waals surface area contributed by atoms with Crippen molar-refractivity contribution in [2.24, 2.45) is 0 Å². The van der Waals surface area contributed by atoms with Gasteiger partial charge in [-0.1, -0.05) is 6.07 Å². The Balaban J connectivity index is 1.65. The third kappa shape index (κ3) is 2.76. The quantitative estimate of drug-likeness (QED) is 0.758. The highest BCUT2D eigenvalue weighted by molar-refractivity contribution is 5.84. The molecule has 0 aromatic carbocycles. The van der Waals surface area contributed by atoms with E-state index in [-0.39, 0.29) is 0 Å². The van der Waals surface area contributed by atoms with Crippen molar-refractivity contribution in [1.82, 2.24) is 19.4 Å². The zero-order valence-corrected chi connectivity index (χ0v) is 16.9. The Morgan fingerprint density at radius 3 is 2.82 bits per heavy atom. The molecule has 1 N–H and O–H groups in total. The number of hydrogen-bond acceptors (Lipinski definition) is 4. The summed E-state index contributed by atoms with van der Waals surface area (Å²) in [6, 6.07) is 6.73. The van der Waals surface area contributed by atoms with Crippen molar-refractivity contribution in [3.8, 4) is 0 Å². The number of nitrogens with zero attached hydrogens (tertiary/aromatic N) is 4. The van der Waals surface area contributed by atoms with E-state index in [0.29, 0.717) is 12.6 Å². The van der Waals surface area contributed by atoms with E-state index in [1.165, 1.54) is 41.6 Å². The molecule has 1 fully saturated rings. The molecule has 2 aliphatic rings. The van der Waals surface area contributed by atoms with Crippen molar-refractivity contribution in [1.29, 1.82) is 0 Å². The van der Waals surface area contributed by atoms with Gasteiger partial charge in [0.1, 0.15) is 11.2 Å². The first kappa shape index (κ1) is 17.8. The first-order chi connectivity index (χ1) is 13.4. The van der Waals surface area contributed by atoms with Crippen LogP contribution in [0.2, 0.25) is 0 Å². The van der Waals surface area contributed by atoms with Crippen LogP contribution in [0, 0.1) is 13.8 Å². The Kier molecular flexibility index (Phi) is 4.07. The van der Waals surface area contributed by atoms with E-state index in [4.69, 9.17) is 4.98 Å². The lowest BCUT2D eigenvalue weighted by atomic mass is 9.95. The monoisotopic (exact) mass is 376 g/mol. The van der Waals surface area contributed by atoms with Gasteiger partial charge in [-0.3, -0.25) is 9.88 Å². The van der Waals surface area contributed by atoms with Crippen LogP contribution in [0.3, 0.4) is 0 Å². The molecule has 0 amide bonds. The van der Waals surface area contributed by atoms with Gasteiger partial charge in [0.25, 0.3) is 0 Å². The van der Waals surface area contributed by atoms with Crippen molar-refractivity contribution in [3.63, 3.8) is 0 Å². The molecule has 5 heteroatoms. The molecule has 0 saturated carbocycles. The zero-order valence-electron chi connectivity index (χ0n) is 16.9. The Labute approximate surface area is 166 Å². The van der Waals surface area contributed by atoms with Crippen molar-refractivity contribution in [3.05, 3.63) is 58.7 Å². The van der Waals surface area contributed by atoms with Crippen LogP contribution < -0.4 is 0 Å². The van der Waals surface area contributed by atoms with Crippen molar-refractivity contribution < 1.29 is 5.11 Å². The van der Waals surface area contributed by atoms with Gasteiger partial charge >= 0.3 is 0 Å². The van der Waals surface area contributed by atoms with Crippen molar-refractivity contribution >= 4 is 11.0 Å². The predicted octanol–water partition coefficient (Wildman–Crippen LogP) is 3.65. The van der Waals surface area contributed by atoms with Crippen LogP contribution >= 0.6 is 0 Å². The lowest BCUT2D eigenvalue weighted by Gasteiger charge is -2.32. The van der Waals surface area contributed by atoms with Gasteiger partial charge in [0.15, 0.2) is 0 Å². The van der Waals surface area contributed by atoms with Crippen LogP contribution in [-0.4, -0.2) is 37.6 Å². The zero-order chi connectivity index (χ0) is 19.5. The Morgan fingerprint density at radius 2 is 2.04 bits per heavy atom. The number of aryl methyl sites for hydroxylation is 2. The summed E-state index contributed by atoms with van der Waals surface area (Å²) in [4.78, 5) is 11.8. The first-order valence-electron chi connectivity index (χ1n) is 10.3. The molecule has 3 aromatic heterocycles. The summed E-state index contributed by atoms with van der Waals surface area (Å²) in [7, 11) is 0. The standard InChI is InChI=1S/C23H28N4O/c1-15-11-18-21-19-5-4-9-26(19)10-8-20(21)27(22(18)25-12-15)14-23(3,28)17-7-6-16(2)24-13-17/h6-7,11-13,19,28H,4-5,8-10,14H2,1-3H3. The van der Waals surface area contributed by atoms with Gasteiger partial charge in [-0.05, 0) is 63.4 Å². The van der Waals surface area contributed by atoms with Crippen LogP contribution in [0.1, 0.15) is 53.9 Å². The second kappa shape index (κ2) is 6.39. The Hall–Kier alpha value is -2.24. The van der Waals surface area contributed by atoms with Gasteiger partial charge in [0.2, 0.25) is 0 Å². The third-order valence-corrected chi connectivity index (χ3v) is 6.52. The second-order valence-corrected chi connectivity index (χ2v) is 8.74. The maximum absolute atomic E-state index is 11.4. The van der Waals surface area contributed by atoms with Crippen LogP contribution in [0.4, 0.5) is 0 Å². The minimum atomic E-state index is -1.00. The molecule has 5 nitrogen and oxygen atoms in total. The van der Waals surface area contributed by atoms with Gasteiger partial charge in [-0.2, -0.15) is 0 Å². The summed E-state index contributed by atoms with van der Waals surface area (Å²) in [6.45, 7) is 8.75. The molecule has 0 radical (unpaired) electrons. The average Bonchev–Trinajstić information content (AvgIpc) is 3.25. The minimum absolute atomic E-state index is 0.492. The molecule has 5 rings (SSSR count). The fraction of sp³-hybridized carbons (Fsp3) is 0.478. The molecule has 2 aliphatic heterocycles. The molecule has 0 aliphatic carbocycles. The summed E-state index contributed by atoms with van der Waals surface area (Å²) in [6.07, 6.45) is 7.24. The molecule has 2 atom stereocenters. The van der Waals surface area contributed by atoms with Crippen molar-refractivity contribution in [2.45, 2.75) is 58.2 Å². The summed E-state index contributed by atoms with van der Waals surface area (Å²) in [5.74, 6) is 0. The highest BCUT2D eigenvalue weighted by Crippen LogP contribution is 2.43. The SMILES string of the molecule is Cc1cnc2c(c1)c1c(n2CC(C)(O)c2ccc(C)nc2)CCN2CCCC12. The number of aromatic nitrogens is 3. The van der Waals surface area contributed by atoms with E-state index in [9.17, 15) is 5.11 Å². The summed E-state index contributed by atoms with van der Waals surface area (Å²) < 4.78 is 2.28. The number of aliphatic hydroxyl groups is 1. The van der Waals surface area contributed by atoms with Gasteiger partial charge in [-0.15, -0.1) is 0 Å². The molecule has 1 saturated heterocycles. The van der Waals surface area contributed by atoms with E-state index in [0.717, 1.165) is 29.9 Å². The number of pyridine rings is 2. The Bertz CT molecular complexity index is 1030. The smallest absolute Gasteiger partial charge is 0.140 e. The maximum atomic E-state index is 11.4. The summed E-state index contributed by atoms with van der Waals surface area (Å²) in [5, 5.41) is 12.6.